The van der Waals surface area contributed by atoms with Gasteiger partial charge in [-0.05, 0) is 25.0 Å². The number of ether oxygens (including phenoxy) is 2. The summed E-state index contributed by atoms with van der Waals surface area (Å²) in [5.41, 5.74) is 8.78. The SMILES string of the molecule is COc1cccc2nc3c(c(N)c12)CCCO3. The molecule has 2 aromatic rings. The number of benzene rings is 1. The molecule has 0 spiro atoms. The highest BCUT2D eigenvalue weighted by atomic mass is 16.5. The fraction of sp³-hybridized carbons (Fsp3) is 0.308. The number of nitrogens with zero attached hydrogens (tertiary/aromatic N) is 1. The van der Waals surface area contributed by atoms with Crippen molar-refractivity contribution in [3.63, 3.8) is 0 Å². The molecule has 1 aliphatic heterocycles. The highest BCUT2D eigenvalue weighted by Crippen LogP contribution is 2.37. The molecule has 0 amide bonds. The smallest absolute Gasteiger partial charge is 0.219 e. The van der Waals surface area contributed by atoms with Crippen molar-refractivity contribution in [2.45, 2.75) is 12.8 Å². The number of rotatable bonds is 1. The van der Waals surface area contributed by atoms with Crippen LogP contribution in [0.15, 0.2) is 18.2 Å². The topological polar surface area (TPSA) is 57.4 Å². The molecule has 1 aromatic carbocycles. The highest BCUT2D eigenvalue weighted by Gasteiger charge is 2.19. The van der Waals surface area contributed by atoms with Crippen molar-refractivity contribution >= 4 is 16.6 Å². The van der Waals surface area contributed by atoms with Crippen molar-refractivity contribution in [3.05, 3.63) is 23.8 Å². The number of fused-ring (bicyclic) bond motifs is 2. The maximum atomic E-state index is 6.22. The van der Waals surface area contributed by atoms with Gasteiger partial charge >= 0.3 is 0 Å². The second kappa shape index (κ2) is 3.80. The number of anilines is 1. The number of nitrogens with two attached hydrogens (primary N) is 1. The number of hydrogen-bond acceptors (Lipinski definition) is 4. The van der Waals surface area contributed by atoms with E-state index in [2.05, 4.69) is 4.98 Å². The third kappa shape index (κ3) is 1.48. The average Bonchev–Trinajstić information content (AvgIpc) is 2.38. The first-order chi connectivity index (χ1) is 8.31. The molecule has 0 atom stereocenters. The van der Waals surface area contributed by atoms with E-state index in [0.29, 0.717) is 5.88 Å². The van der Waals surface area contributed by atoms with Crippen LogP contribution in [0.25, 0.3) is 10.9 Å². The van der Waals surface area contributed by atoms with Crippen LogP contribution in [-0.2, 0) is 6.42 Å². The minimum absolute atomic E-state index is 0.675. The van der Waals surface area contributed by atoms with Gasteiger partial charge in [0.1, 0.15) is 5.75 Å². The van der Waals surface area contributed by atoms with Gasteiger partial charge in [0.25, 0.3) is 0 Å². The van der Waals surface area contributed by atoms with E-state index in [1.54, 1.807) is 7.11 Å². The van der Waals surface area contributed by atoms with Crippen molar-refractivity contribution < 1.29 is 9.47 Å². The zero-order valence-corrected chi connectivity index (χ0v) is 9.69. The number of methoxy groups -OCH3 is 1. The van der Waals surface area contributed by atoms with Gasteiger partial charge in [-0.1, -0.05) is 6.07 Å². The van der Waals surface area contributed by atoms with Crippen LogP contribution < -0.4 is 15.2 Å². The molecule has 0 saturated carbocycles. The van der Waals surface area contributed by atoms with Crippen molar-refractivity contribution in [3.8, 4) is 11.6 Å². The molecule has 2 heterocycles. The van der Waals surface area contributed by atoms with E-state index in [-0.39, 0.29) is 0 Å². The molecule has 0 unspecified atom stereocenters. The molecule has 0 radical (unpaired) electrons. The third-order valence-corrected chi connectivity index (χ3v) is 3.11. The molecule has 88 valence electrons. The summed E-state index contributed by atoms with van der Waals surface area (Å²) in [6.45, 7) is 0.717. The van der Waals surface area contributed by atoms with Gasteiger partial charge in [-0.15, -0.1) is 0 Å². The standard InChI is InChI=1S/C13H14N2O2/c1-16-10-6-2-5-9-11(10)12(14)8-4-3-7-17-13(8)15-9/h2,5-6H,3-4,7H2,1H3,(H2,14,15). The van der Waals surface area contributed by atoms with Crippen LogP contribution in [-0.4, -0.2) is 18.7 Å². The van der Waals surface area contributed by atoms with Gasteiger partial charge in [0.2, 0.25) is 5.88 Å². The Morgan fingerprint density at radius 3 is 3.12 bits per heavy atom. The van der Waals surface area contributed by atoms with Gasteiger partial charge in [-0.25, -0.2) is 4.98 Å². The first kappa shape index (κ1) is 10.2. The Kier molecular flexibility index (Phi) is 2.28. The van der Waals surface area contributed by atoms with E-state index in [4.69, 9.17) is 15.2 Å². The van der Waals surface area contributed by atoms with Gasteiger partial charge < -0.3 is 15.2 Å². The number of pyridine rings is 1. The molecule has 2 N–H and O–H groups in total. The van der Waals surface area contributed by atoms with Crippen LogP contribution in [0, 0.1) is 0 Å². The molecule has 3 rings (SSSR count). The fourth-order valence-corrected chi connectivity index (χ4v) is 2.28. The lowest BCUT2D eigenvalue weighted by molar-refractivity contribution is 0.278. The van der Waals surface area contributed by atoms with E-state index < -0.39 is 0 Å². The molecule has 0 bridgehead atoms. The second-order valence-electron chi connectivity index (χ2n) is 4.12. The van der Waals surface area contributed by atoms with E-state index >= 15 is 0 Å². The maximum Gasteiger partial charge on any atom is 0.219 e. The molecule has 0 aliphatic carbocycles. The highest BCUT2D eigenvalue weighted by molar-refractivity contribution is 5.97. The van der Waals surface area contributed by atoms with Crippen LogP contribution >= 0.6 is 0 Å². The molecule has 0 fully saturated rings. The van der Waals surface area contributed by atoms with Gasteiger partial charge in [-0.2, -0.15) is 0 Å². The van der Waals surface area contributed by atoms with Crippen molar-refractivity contribution in [1.29, 1.82) is 0 Å². The van der Waals surface area contributed by atoms with Crippen molar-refractivity contribution in [1.82, 2.24) is 4.98 Å². The van der Waals surface area contributed by atoms with Crippen LogP contribution in [0.1, 0.15) is 12.0 Å². The quantitative estimate of drug-likeness (QED) is 0.815. The van der Waals surface area contributed by atoms with E-state index in [0.717, 1.165) is 47.4 Å². The van der Waals surface area contributed by atoms with Gasteiger partial charge in [0.05, 0.1) is 30.3 Å². The molecular weight excluding hydrogens is 216 g/mol. The average molecular weight is 230 g/mol. The Morgan fingerprint density at radius 2 is 2.29 bits per heavy atom. The lowest BCUT2D eigenvalue weighted by atomic mass is 10.0. The lowest BCUT2D eigenvalue weighted by Crippen LogP contribution is -2.12. The molecule has 1 aromatic heterocycles. The summed E-state index contributed by atoms with van der Waals surface area (Å²) in [6, 6.07) is 5.73. The van der Waals surface area contributed by atoms with Crippen LogP contribution in [0.2, 0.25) is 0 Å². The zero-order valence-electron chi connectivity index (χ0n) is 9.69. The third-order valence-electron chi connectivity index (χ3n) is 3.11. The normalized spacial score (nSPS) is 14.2. The minimum atomic E-state index is 0.675. The maximum absolute atomic E-state index is 6.22. The summed E-state index contributed by atoms with van der Waals surface area (Å²) in [4.78, 5) is 4.50. The van der Waals surface area contributed by atoms with Gasteiger partial charge in [-0.3, -0.25) is 0 Å². The fourth-order valence-electron chi connectivity index (χ4n) is 2.28. The van der Waals surface area contributed by atoms with E-state index in [1.165, 1.54) is 0 Å². The molecule has 17 heavy (non-hydrogen) atoms. The summed E-state index contributed by atoms with van der Waals surface area (Å²) in [5.74, 6) is 1.44. The van der Waals surface area contributed by atoms with Crippen LogP contribution in [0.5, 0.6) is 11.6 Å². The second-order valence-corrected chi connectivity index (χ2v) is 4.12. The van der Waals surface area contributed by atoms with Crippen LogP contribution in [0.3, 0.4) is 0 Å². The van der Waals surface area contributed by atoms with Crippen molar-refractivity contribution in [2.24, 2.45) is 0 Å². The molecule has 0 saturated heterocycles. The first-order valence-electron chi connectivity index (χ1n) is 5.69. The van der Waals surface area contributed by atoms with Crippen molar-refractivity contribution in [2.75, 3.05) is 19.5 Å². The Hall–Kier alpha value is -1.97. The summed E-state index contributed by atoms with van der Waals surface area (Å²) in [6.07, 6.45) is 1.90. The zero-order chi connectivity index (χ0) is 11.8. The number of aromatic nitrogens is 1. The Balaban J connectivity index is 2.36. The monoisotopic (exact) mass is 230 g/mol. The molecule has 4 nitrogen and oxygen atoms in total. The summed E-state index contributed by atoms with van der Waals surface area (Å²) < 4.78 is 10.9. The number of nitrogen functional groups attached to an aromatic ring is 1. The summed E-state index contributed by atoms with van der Waals surface area (Å²) in [7, 11) is 1.64. The van der Waals surface area contributed by atoms with Gasteiger partial charge in [0.15, 0.2) is 0 Å². The molecule has 1 aliphatic rings. The first-order valence-corrected chi connectivity index (χ1v) is 5.69. The Bertz CT molecular complexity index is 581. The largest absolute Gasteiger partial charge is 0.496 e. The lowest BCUT2D eigenvalue weighted by Gasteiger charge is -2.19. The predicted octanol–water partition coefficient (Wildman–Crippen LogP) is 2.15. The molecule has 4 heteroatoms. The van der Waals surface area contributed by atoms with Gasteiger partial charge in [0, 0.05) is 5.56 Å². The minimum Gasteiger partial charge on any atom is -0.496 e. The van der Waals surface area contributed by atoms with E-state index in [9.17, 15) is 0 Å². The Labute approximate surface area is 99.4 Å². The summed E-state index contributed by atoms with van der Waals surface area (Å²) >= 11 is 0. The summed E-state index contributed by atoms with van der Waals surface area (Å²) in [5, 5.41) is 0.888. The van der Waals surface area contributed by atoms with Crippen LogP contribution in [0.4, 0.5) is 5.69 Å². The Morgan fingerprint density at radius 1 is 1.41 bits per heavy atom. The molecular formula is C13H14N2O2. The van der Waals surface area contributed by atoms with E-state index in [1.807, 2.05) is 18.2 Å². The predicted molar refractivity (Wildman–Crippen MR) is 66.5 cm³/mol. The number of hydrogen-bond donors (Lipinski definition) is 1.